The minimum absolute atomic E-state index is 0.149. The van der Waals surface area contributed by atoms with Crippen LogP contribution in [-0.2, 0) is 7.05 Å². The van der Waals surface area contributed by atoms with Crippen LogP contribution in [-0.4, -0.2) is 30.8 Å². The fourth-order valence-electron chi connectivity index (χ4n) is 3.53. The topological polar surface area (TPSA) is 94.0 Å². The number of hydrogen-bond donors (Lipinski definition) is 1. The van der Waals surface area contributed by atoms with E-state index in [1.165, 1.54) is 12.1 Å². The van der Waals surface area contributed by atoms with Gasteiger partial charge in [0.15, 0.2) is 11.4 Å². The van der Waals surface area contributed by atoms with Crippen molar-refractivity contribution in [2.24, 2.45) is 7.05 Å². The van der Waals surface area contributed by atoms with Crippen molar-refractivity contribution < 1.29 is 14.3 Å². The molecular formula is C23H15ClN4O3. The SMILES string of the molecule is Cn1cnnc1-c1c(-c2ccc(Cl)cc2)cccc1-c1nc2cc(C(=O)O)ccc2o1. The second-order valence-corrected chi connectivity index (χ2v) is 7.44. The molecule has 2 heterocycles. The molecule has 0 saturated carbocycles. The van der Waals surface area contributed by atoms with E-state index in [4.69, 9.17) is 16.0 Å². The van der Waals surface area contributed by atoms with Gasteiger partial charge in [-0.2, -0.15) is 0 Å². The van der Waals surface area contributed by atoms with Crippen molar-refractivity contribution in [3.63, 3.8) is 0 Å². The van der Waals surface area contributed by atoms with Gasteiger partial charge < -0.3 is 14.1 Å². The lowest BCUT2D eigenvalue weighted by Crippen LogP contribution is -1.97. The van der Waals surface area contributed by atoms with Gasteiger partial charge in [0, 0.05) is 23.2 Å². The smallest absolute Gasteiger partial charge is 0.335 e. The Morgan fingerprint density at radius 1 is 1.06 bits per heavy atom. The summed E-state index contributed by atoms with van der Waals surface area (Å²) in [6, 6.07) is 17.9. The third kappa shape index (κ3) is 3.35. The Balaban J connectivity index is 1.77. The molecule has 3 aromatic carbocycles. The zero-order valence-electron chi connectivity index (χ0n) is 16.3. The third-order valence-electron chi connectivity index (χ3n) is 5.02. The summed E-state index contributed by atoms with van der Waals surface area (Å²) in [5, 5.41) is 18.2. The van der Waals surface area contributed by atoms with E-state index in [0.29, 0.717) is 27.8 Å². The van der Waals surface area contributed by atoms with Crippen molar-refractivity contribution in [3.8, 4) is 34.0 Å². The number of halogens is 1. The Hall–Kier alpha value is -3.97. The maximum Gasteiger partial charge on any atom is 0.335 e. The van der Waals surface area contributed by atoms with E-state index >= 15 is 0 Å². The van der Waals surface area contributed by atoms with Crippen LogP contribution < -0.4 is 0 Å². The highest BCUT2D eigenvalue weighted by atomic mass is 35.5. The summed E-state index contributed by atoms with van der Waals surface area (Å²) in [6.07, 6.45) is 1.63. The summed E-state index contributed by atoms with van der Waals surface area (Å²) in [5.74, 6) is -0.00339. The average molecular weight is 431 g/mol. The van der Waals surface area contributed by atoms with Gasteiger partial charge in [-0.15, -0.1) is 10.2 Å². The number of rotatable bonds is 4. The second kappa shape index (κ2) is 7.37. The van der Waals surface area contributed by atoms with Gasteiger partial charge in [0.1, 0.15) is 11.8 Å². The van der Waals surface area contributed by atoms with Crippen molar-refractivity contribution >= 4 is 28.7 Å². The van der Waals surface area contributed by atoms with Crippen LogP contribution in [0.5, 0.6) is 0 Å². The number of fused-ring (bicyclic) bond motifs is 1. The van der Waals surface area contributed by atoms with Gasteiger partial charge in [-0.25, -0.2) is 9.78 Å². The second-order valence-electron chi connectivity index (χ2n) is 7.01. The van der Waals surface area contributed by atoms with Crippen LogP contribution in [0.1, 0.15) is 10.4 Å². The molecule has 7 nitrogen and oxygen atoms in total. The van der Waals surface area contributed by atoms with Crippen molar-refractivity contribution in [1.82, 2.24) is 19.7 Å². The summed E-state index contributed by atoms with van der Waals surface area (Å²) in [7, 11) is 1.86. The molecule has 0 atom stereocenters. The molecule has 0 amide bonds. The molecular weight excluding hydrogens is 416 g/mol. The molecule has 0 saturated heterocycles. The van der Waals surface area contributed by atoms with Gasteiger partial charge in [-0.1, -0.05) is 35.9 Å². The molecule has 1 N–H and O–H groups in total. The van der Waals surface area contributed by atoms with E-state index < -0.39 is 5.97 Å². The normalized spacial score (nSPS) is 11.2. The van der Waals surface area contributed by atoms with Gasteiger partial charge in [0.05, 0.1) is 5.56 Å². The number of hydrogen-bond acceptors (Lipinski definition) is 5. The predicted molar refractivity (Wildman–Crippen MR) is 117 cm³/mol. The molecule has 0 unspecified atom stereocenters. The number of aromatic carboxylic acids is 1. The fraction of sp³-hybridized carbons (Fsp3) is 0.0435. The highest BCUT2D eigenvalue weighted by molar-refractivity contribution is 6.30. The van der Waals surface area contributed by atoms with Crippen molar-refractivity contribution in [2.45, 2.75) is 0 Å². The molecule has 5 aromatic rings. The molecule has 5 rings (SSSR count). The zero-order chi connectivity index (χ0) is 21.5. The van der Waals surface area contributed by atoms with E-state index in [2.05, 4.69) is 15.2 Å². The molecule has 0 aliphatic carbocycles. The Bertz CT molecular complexity index is 1440. The van der Waals surface area contributed by atoms with E-state index in [9.17, 15) is 9.90 Å². The third-order valence-corrected chi connectivity index (χ3v) is 5.27. The van der Waals surface area contributed by atoms with Crippen LogP contribution in [0.15, 0.2) is 71.4 Å². The van der Waals surface area contributed by atoms with Gasteiger partial charge in [0.2, 0.25) is 5.89 Å². The number of aryl methyl sites for hydroxylation is 1. The fourth-order valence-corrected chi connectivity index (χ4v) is 3.65. The molecule has 152 valence electrons. The minimum atomic E-state index is -1.02. The maximum absolute atomic E-state index is 11.3. The molecule has 8 heteroatoms. The summed E-state index contributed by atoms with van der Waals surface area (Å²) < 4.78 is 7.82. The van der Waals surface area contributed by atoms with Gasteiger partial charge >= 0.3 is 5.97 Å². The first-order valence-electron chi connectivity index (χ1n) is 9.39. The number of carbonyl (C=O) groups is 1. The van der Waals surface area contributed by atoms with Crippen molar-refractivity contribution in [3.05, 3.63) is 77.6 Å². The molecule has 2 aromatic heterocycles. The Labute approximate surface area is 181 Å². The first-order valence-corrected chi connectivity index (χ1v) is 9.76. The zero-order valence-corrected chi connectivity index (χ0v) is 17.0. The lowest BCUT2D eigenvalue weighted by molar-refractivity contribution is 0.0697. The summed E-state index contributed by atoms with van der Waals surface area (Å²) in [4.78, 5) is 15.9. The number of aromatic nitrogens is 4. The first-order chi connectivity index (χ1) is 15.0. The summed E-state index contributed by atoms with van der Waals surface area (Å²) in [6.45, 7) is 0. The van der Waals surface area contributed by atoms with E-state index in [1.54, 1.807) is 12.4 Å². The van der Waals surface area contributed by atoms with Crippen LogP contribution >= 0.6 is 11.6 Å². The minimum Gasteiger partial charge on any atom is -0.478 e. The molecule has 0 fully saturated rings. The Morgan fingerprint density at radius 3 is 2.55 bits per heavy atom. The standard InChI is InChI=1S/C23H15ClN4O3/c1-28-12-25-27-21(28)20-16(13-5-8-15(24)9-6-13)3-2-4-17(20)22-26-18-11-14(23(29)30)7-10-19(18)31-22/h2-12H,1H3,(H,29,30). The van der Waals surface area contributed by atoms with Crippen LogP contribution in [0.25, 0.3) is 45.1 Å². The highest BCUT2D eigenvalue weighted by Gasteiger charge is 2.21. The van der Waals surface area contributed by atoms with E-state index in [1.807, 2.05) is 54.1 Å². The first kappa shape index (κ1) is 19.0. The maximum atomic E-state index is 11.3. The van der Waals surface area contributed by atoms with Crippen LogP contribution in [0.4, 0.5) is 0 Å². The van der Waals surface area contributed by atoms with E-state index in [-0.39, 0.29) is 5.56 Å². The monoisotopic (exact) mass is 430 g/mol. The largest absolute Gasteiger partial charge is 0.478 e. The summed E-state index contributed by atoms with van der Waals surface area (Å²) >= 11 is 6.08. The van der Waals surface area contributed by atoms with Crippen LogP contribution in [0.2, 0.25) is 5.02 Å². The number of oxazole rings is 1. The van der Waals surface area contributed by atoms with Crippen LogP contribution in [0, 0.1) is 0 Å². The lowest BCUT2D eigenvalue weighted by atomic mass is 9.94. The number of nitrogens with zero attached hydrogens (tertiary/aromatic N) is 4. The van der Waals surface area contributed by atoms with E-state index in [0.717, 1.165) is 22.3 Å². The summed E-state index contributed by atoms with van der Waals surface area (Å²) in [5.41, 5.74) is 4.51. The Kier molecular flexibility index (Phi) is 4.52. The average Bonchev–Trinajstić information content (AvgIpc) is 3.39. The number of benzene rings is 3. The predicted octanol–water partition coefficient (Wildman–Crippen LogP) is 5.31. The van der Waals surface area contributed by atoms with Crippen molar-refractivity contribution in [1.29, 1.82) is 0 Å². The van der Waals surface area contributed by atoms with Gasteiger partial charge in [-0.3, -0.25) is 0 Å². The quantitative estimate of drug-likeness (QED) is 0.415. The van der Waals surface area contributed by atoms with Gasteiger partial charge in [-0.05, 0) is 47.5 Å². The highest BCUT2D eigenvalue weighted by Crippen LogP contribution is 2.39. The molecule has 0 spiro atoms. The van der Waals surface area contributed by atoms with Crippen LogP contribution in [0.3, 0.4) is 0 Å². The number of carboxylic acid groups (broad SMARTS) is 1. The molecule has 0 aliphatic rings. The lowest BCUT2D eigenvalue weighted by Gasteiger charge is -2.13. The molecule has 0 radical (unpaired) electrons. The van der Waals surface area contributed by atoms with Crippen molar-refractivity contribution in [2.75, 3.05) is 0 Å². The molecule has 31 heavy (non-hydrogen) atoms. The number of carboxylic acids is 1. The molecule has 0 bridgehead atoms. The Morgan fingerprint density at radius 2 is 1.84 bits per heavy atom. The molecule has 0 aliphatic heterocycles. The van der Waals surface area contributed by atoms with Gasteiger partial charge in [0.25, 0.3) is 0 Å².